The van der Waals surface area contributed by atoms with E-state index in [1.165, 1.54) is 36.7 Å². The van der Waals surface area contributed by atoms with Gasteiger partial charge in [0.25, 0.3) is 0 Å². The van der Waals surface area contributed by atoms with Crippen molar-refractivity contribution in [3.63, 3.8) is 0 Å². The van der Waals surface area contributed by atoms with Crippen molar-refractivity contribution in [2.24, 2.45) is 5.92 Å². The van der Waals surface area contributed by atoms with Gasteiger partial charge in [-0.3, -0.25) is 14.5 Å². The lowest BCUT2D eigenvalue weighted by Gasteiger charge is -2.42. The van der Waals surface area contributed by atoms with E-state index in [2.05, 4.69) is 10.2 Å². The molecule has 0 aromatic heterocycles. The van der Waals surface area contributed by atoms with Gasteiger partial charge < -0.3 is 10.4 Å². The molecule has 0 bridgehead atoms. The lowest BCUT2D eigenvalue weighted by molar-refractivity contribution is -0.140. The first-order valence-corrected chi connectivity index (χ1v) is 10.1. The van der Waals surface area contributed by atoms with Crippen LogP contribution in [0.25, 0.3) is 0 Å². The molecule has 1 amide bonds. The van der Waals surface area contributed by atoms with Crippen molar-refractivity contribution in [2.45, 2.75) is 49.1 Å². The first-order chi connectivity index (χ1) is 12.5. The summed E-state index contributed by atoms with van der Waals surface area (Å²) in [4.78, 5) is 26.1. The van der Waals surface area contributed by atoms with Crippen LogP contribution in [0.1, 0.15) is 32.1 Å². The number of nitrogens with zero attached hydrogens (tertiary/aromatic N) is 1. The van der Waals surface area contributed by atoms with Crippen LogP contribution in [0.2, 0.25) is 0 Å². The van der Waals surface area contributed by atoms with E-state index in [0.717, 1.165) is 24.3 Å². The first-order valence-electron chi connectivity index (χ1n) is 9.13. The number of carbonyl (C=O) groups excluding carboxylic acids is 1. The summed E-state index contributed by atoms with van der Waals surface area (Å²) >= 11 is 1.54. The van der Waals surface area contributed by atoms with E-state index in [1.54, 1.807) is 12.1 Å². The molecule has 0 spiro atoms. The van der Waals surface area contributed by atoms with Gasteiger partial charge in [-0.25, -0.2) is 4.39 Å². The highest BCUT2D eigenvalue weighted by atomic mass is 32.2. The van der Waals surface area contributed by atoms with Gasteiger partial charge in [0.05, 0.1) is 6.54 Å². The summed E-state index contributed by atoms with van der Waals surface area (Å²) in [6.07, 6.45) is 4.49. The van der Waals surface area contributed by atoms with Crippen LogP contribution in [0, 0.1) is 11.7 Å². The van der Waals surface area contributed by atoms with Crippen LogP contribution in [0.4, 0.5) is 4.39 Å². The van der Waals surface area contributed by atoms with Crippen molar-refractivity contribution in [1.82, 2.24) is 10.2 Å². The molecule has 2 aliphatic carbocycles. The third-order valence-electron chi connectivity index (χ3n) is 4.93. The summed E-state index contributed by atoms with van der Waals surface area (Å²) in [5.41, 5.74) is 0. The van der Waals surface area contributed by atoms with E-state index in [-0.39, 0.29) is 30.4 Å². The zero-order chi connectivity index (χ0) is 18.5. The number of carbonyl (C=O) groups is 2. The third kappa shape index (κ3) is 5.99. The molecule has 142 valence electrons. The average molecular weight is 380 g/mol. The average Bonchev–Trinajstić information content (AvgIpc) is 3.35. The number of aliphatic carboxylic acids is 1. The maximum absolute atomic E-state index is 12.8. The molecular weight excluding hydrogens is 355 g/mol. The molecule has 5 nitrogen and oxygen atoms in total. The highest BCUT2D eigenvalue weighted by molar-refractivity contribution is 7.99. The second-order valence-corrected chi connectivity index (χ2v) is 8.38. The molecule has 2 saturated carbocycles. The smallest absolute Gasteiger partial charge is 0.317 e. The molecule has 2 N–H and O–H groups in total. The summed E-state index contributed by atoms with van der Waals surface area (Å²) < 4.78 is 12.8. The lowest BCUT2D eigenvalue weighted by atomic mass is 9.85. The van der Waals surface area contributed by atoms with Gasteiger partial charge in [-0.15, -0.1) is 11.8 Å². The summed E-state index contributed by atoms with van der Waals surface area (Å²) in [5, 5.41) is 12.1. The van der Waals surface area contributed by atoms with Crippen molar-refractivity contribution in [1.29, 1.82) is 0 Å². The summed E-state index contributed by atoms with van der Waals surface area (Å²) in [5.74, 6) is 0.295. The minimum atomic E-state index is -0.782. The molecule has 0 atom stereocenters. The largest absolute Gasteiger partial charge is 0.480 e. The molecule has 0 unspecified atom stereocenters. The fourth-order valence-electron chi connectivity index (χ4n) is 3.24. The van der Waals surface area contributed by atoms with E-state index in [9.17, 15) is 14.0 Å². The van der Waals surface area contributed by atoms with Crippen LogP contribution >= 0.6 is 11.8 Å². The van der Waals surface area contributed by atoms with E-state index in [1.807, 2.05) is 0 Å². The Morgan fingerprint density at radius 3 is 2.54 bits per heavy atom. The van der Waals surface area contributed by atoms with Crippen LogP contribution in [0.3, 0.4) is 0 Å². The fraction of sp³-hybridized carbons (Fsp3) is 0.579. The number of nitrogens with one attached hydrogen (secondary N) is 1. The molecular formula is C19H25FN2O3S. The molecule has 26 heavy (non-hydrogen) atoms. The molecule has 1 aromatic rings. The number of amides is 1. The number of carboxylic acid groups (broad SMARTS) is 1. The number of carboxylic acids is 1. The number of benzene rings is 1. The second kappa shape index (κ2) is 8.86. The van der Waals surface area contributed by atoms with Crippen molar-refractivity contribution in [2.75, 3.05) is 18.8 Å². The lowest BCUT2D eigenvalue weighted by Crippen LogP contribution is -2.55. The first kappa shape index (κ1) is 19.2. The molecule has 0 aliphatic heterocycles. The second-order valence-electron chi connectivity index (χ2n) is 7.21. The number of thioether (sulfide) groups is 1. The maximum Gasteiger partial charge on any atom is 0.317 e. The number of hydrogen-bond donors (Lipinski definition) is 2. The monoisotopic (exact) mass is 380 g/mol. The molecule has 3 rings (SSSR count). The molecule has 7 heteroatoms. The maximum atomic E-state index is 12.8. The molecule has 2 aliphatic rings. The number of halogens is 1. The van der Waals surface area contributed by atoms with Crippen LogP contribution in [-0.2, 0) is 9.59 Å². The standard InChI is InChI=1S/C19H25FN2O3S/c20-14-3-5-17(6-4-14)26-8-7-18(23)21-15-9-16(10-15)22(12-19(24)25)11-13-1-2-13/h3-6,13,15-16H,1-2,7-12H2,(H,21,23)(H,24,25). The summed E-state index contributed by atoms with van der Waals surface area (Å²) in [6.45, 7) is 0.960. The Morgan fingerprint density at radius 2 is 1.92 bits per heavy atom. The van der Waals surface area contributed by atoms with Crippen LogP contribution in [0.15, 0.2) is 29.2 Å². The Labute approximate surface area is 157 Å². The predicted octanol–water partition coefficient (Wildman–Crippen LogP) is 2.75. The van der Waals surface area contributed by atoms with E-state index in [4.69, 9.17) is 5.11 Å². The summed E-state index contributed by atoms with van der Waals surface area (Å²) in [6, 6.07) is 6.68. The Hall–Kier alpha value is -1.60. The molecule has 1 aromatic carbocycles. The Balaban J connectivity index is 1.33. The number of rotatable bonds is 10. The Bertz CT molecular complexity index is 630. The highest BCUT2D eigenvalue weighted by Crippen LogP contribution is 2.33. The quantitative estimate of drug-likeness (QED) is 0.611. The Kier molecular flexibility index (Phi) is 6.53. The molecule has 0 saturated heterocycles. The van der Waals surface area contributed by atoms with Gasteiger partial charge in [-0.2, -0.15) is 0 Å². The zero-order valence-corrected chi connectivity index (χ0v) is 15.5. The van der Waals surface area contributed by atoms with Gasteiger partial charge in [0.15, 0.2) is 0 Å². The van der Waals surface area contributed by atoms with Crippen molar-refractivity contribution >= 4 is 23.6 Å². The molecule has 0 heterocycles. The summed E-state index contributed by atoms with van der Waals surface area (Å²) in [7, 11) is 0. The topological polar surface area (TPSA) is 69.6 Å². The van der Waals surface area contributed by atoms with Gasteiger partial charge in [0, 0.05) is 35.7 Å². The molecule has 0 radical (unpaired) electrons. The van der Waals surface area contributed by atoms with Crippen molar-refractivity contribution < 1.29 is 19.1 Å². The third-order valence-corrected chi connectivity index (χ3v) is 5.95. The van der Waals surface area contributed by atoms with Crippen LogP contribution in [0.5, 0.6) is 0 Å². The van der Waals surface area contributed by atoms with Gasteiger partial charge in [0.2, 0.25) is 5.91 Å². The van der Waals surface area contributed by atoms with E-state index >= 15 is 0 Å². The van der Waals surface area contributed by atoms with Crippen molar-refractivity contribution in [3.05, 3.63) is 30.1 Å². The zero-order valence-electron chi connectivity index (χ0n) is 14.7. The highest BCUT2D eigenvalue weighted by Gasteiger charge is 2.37. The minimum absolute atomic E-state index is 0.0232. The normalized spacial score (nSPS) is 22.1. The van der Waals surface area contributed by atoms with Gasteiger partial charge >= 0.3 is 5.97 Å². The van der Waals surface area contributed by atoms with Gasteiger partial charge in [0.1, 0.15) is 5.82 Å². The van der Waals surface area contributed by atoms with Gasteiger partial charge in [-0.05, 0) is 55.9 Å². The van der Waals surface area contributed by atoms with Crippen LogP contribution < -0.4 is 5.32 Å². The Morgan fingerprint density at radius 1 is 1.23 bits per heavy atom. The van der Waals surface area contributed by atoms with Crippen LogP contribution in [-0.4, -0.2) is 52.8 Å². The fourth-order valence-corrected chi connectivity index (χ4v) is 4.10. The SMILES string of the molecule is O=C(O)CN(CC1CC1)C1CC(NC(=O)CCSc2ccc(F)cc2)C1. The van der Waals surface area contributed by atoms with Gasteiger partial charge in [-0.1, -0.05) is 0 Å². The molecule has 2 fully saturated rings. The van der Waals surface area contributed by atoms with E-state index < -0.39 is 5.97 Å². The minimum Gasteiger partial charge on any atom is -0.480 e. The van der Waals surface area contributed by atoms with Crippen molar-refractivity contribution in [3.8, 4) is 0 Å². The number of hydrogen-bond acceptors (Lipinski definition) is 4. The van der Waals surface area contributed by atoms with E-state index in [0.29, 0.717) is 18.1 Å². The predicted molar refractivity (Wildman–Crippen MR) is 98.6 cm³/mol.